The van der Waals surface area contributed by atoms with Gasteiger partial charge in [-0.1, -0.05) is 6.07 Å². The van der Waals surface area contributed by atoms with E-state index in [1.807, 2.05) is 0 Å². The van der Waals surface area contributed by atoms with Crippen LogP contribution in [-0.4, -0.2) is 6.18 Å². The Morgan fingerprint density at radius 1 is 1.07 bits per heavy atom. The van der Waals surface area contributed by atoms with Gasteiger partial charge >= 0.3 is 12.1 Å². The molecule has 0 amide bonds. The van der Waals surface area contributed by atoms with Gasteiger partial charge in [-0.2, -0.15) is 22.0 Å². The van der Waals surface area contributed by atoms with Crippen LogP contribution in [-0.2, 0) is 5.92 Å². The summed E-state index contributed by atoms with van der Waals surface area (Å²) < 4.78 is 61.8. The predicted molar refractivity (Wildman–Crippen MR) is 45.5 cm³/mol. The third kappa shape index (κ3) is 2.03. The molecule has 1 aromatic carbocycles. The standard InChI is InChI=1S/C9H8F5N/c1-5-4-6(15)2-3-7(5)8(10,11)9(12,13)14/h2-4H,15H2,1H3. The summed E-state index contributed by atoms with van der Waals surface area (Å²) in [6, 6.07) is 2.79. The zero-order valence-electron chi connectivity index (χ0n) is 7.70. The third-order valence-electron chi connectivity index (χ3n) is 1.94. The molecular formula is C9H8F5N. The van der Waals surface area contributed by atoms with E-state index in [0.717, 1.165) is 19.1 Å². The number of hydrogen-bond donors (Lipinski definition) is 1. The maximum absolute atomic E-state index is 12.9. The lowest BCUT2D eigenvalue weighted by Gasteiger charge is -2.21. The number of benzene rings is 1. The van der Waals surface area contributed by atoms with Crippen LogP contribution in [0.3, 0.4) is 0 Å². The largest absolute Gasteiger partial charge is 0.458 e. The molecule has 6 heteroatoms. The van der Waals surface area contributed by atoms with E-state index in [1.165, 1.54) is 0 Å². The average molecular weight is 225 g/mol. The highest BCUT2D eigenvalue weighted by molar-refractivity contribution is 5.45. The number of rotatable bonds is 1. The first-order valence-electron chi connectivity index (χ1n) is 3.97. The van der Waals surface area contributed by atoms with Gasteiger partial charge in [-0.15, -0.1) is 0 Å². The molecule has 0 unspecified atom stereocenters. The summed E-state index contributed by atoms with van der Waals surface area (Å²) in [5, 5.41) is 0. The Labute approximate surface area is 82.7 Å². The average Bonchev–Trinajstić information content (AvgIpc) is 2.00. The van der Waals surface area contributed by atoms with Gasteiger partial charge in [0.15, 0.2) is 0 Å². The number of anilines is 1. The molecular weight excluding hydrogens is 217 g/mol. The van der Waals surface area contributed by atoms with Crippen LogP contribution in [0.25, 0.3) is 0 Å². The van der Waals surface area contributed by atoms with E-state index in [9.17, 15) is 22.0 Å². The molecule has 0 radical (unpaired) electrons. The molecule has 0 aromatic heterocycles. The van der Waals surface area contributed by atoms with Crippen LogP contribution in [0.4, 0.5) is 27.6 Å². The van der Waals surface area contributed by atoms with Crippen molar-refractivity contribution < 1.29 is 22.0 Å². The highest BCUT2D eigenvalue weighted by atomic mass is 19.4. The Hall–Kier alpha value is -1.33. The van der Waals surface area contributed by atoms with Crippen molar-refractivity contribution in [1.29, 1.82) is 0 Å². The molecule has 84 valence electrons. The van der Waals surface area contributed by atoms with E-state index in [4.69, 9.17) is 5.73 Å². The minimum absolute atomic E-state index is 0.147. The zero-order chi connectivity index (χ0) is 11.9. The monoisotopic (exact) mass is 225 g/mol. The molecule has 0 heterocycles. The Bertz CT molecular complexity index is 369. The summed E-state index contributed by atoms with van der Waals surface area (Å²) in [7, 11) is 0. The summed E-state index contributed by atoms with van der Waals surface area (Å²) in [4.78, 5) is 0. The minimum atomic E-state index is -5.59. The van der Waals surface area contributed by atoms with E-state index < -0.39 is 17.7 Å². The van der Waals surface area contributed by atoms with Crippen LogP contribution < -0.4 is 5.73 Å². The van der Waals surface area contributed by atoms with Crippen molar-refractivity contribution in [2.24, 2.45) is 0 Å². The normalized spacial score (nSPS) is 12.9. The quantitative estimate of drug-likeness (QED) is 0.576. The maximum atomic E-state index is 12.9. The molecule has 0 atom stereocenters. The molecule has 1 aromatic rings. The van der Waals surface area contributed by atoms with Crippen LogP contribution in [0.2, 0.25) is 0 Å². The summed E-state index contributed by atoms with van der Waals surface area (Å²) in [5.41, 5.74) is 4.15. The summed E-state index contributed by atoms with van der Waals surface area (Å²) in [5.74, 6) is -4.84. The minimum Gasteiger partial charge on any atom is -0.399 e. The lowest BCUT2D eigenvalue weighted by Crippen LogP contribution is -2.34. The molecule has 0 saturated carbocycles. The van der Waals surface area contributed by atoms with Gasteiger partial charge < -0.3 is 5.73 Å². The summed E-state index contributed by atoms with van der Waals surface area (Å²) >= 11 is 0. The molecule has 2 N–H and O–H groups in total. The molecule has 0 fully saturated rings. The number of hydrogen-bond acceptors (Lipinski definition) is 1. The molecule has 1 rings (SSSR count). The van der Waals surface area contributed by atoms with Crippen molar-refractivity contribution >= 4 is 5.69 Å². The molecule has 1 nitrogen and oxygen atoms in total. The first-order chi connectivity index (χ1) is 6.66. The SMILES string of the molecule is Cc1cc(N)ccc1C(F)(F)C(F)(F)F. The van der Waals surface area contributed by atoms with Gasteiger partial charge in [0, 0.05) is 11.3 Å². The smallest absolute Gasteiger partial charge is 0.399 e. The van der Waals surface area contributed by atoms with E-state index in [2.05, 4.69) is 0 Å². The summed E-state index contributed by atoms with van der Waals surface area (Å²) in [6.45, 7) is 1.16. The van der Waals surface area contributed by atoms with Crippen molar-refractivity contribution in [1.82, 2.24) is 0 Å². The van der Waals surface area contributed by atoms with Crippen molar-refractivity contribution in [2.75, 3.05) is 5.73 Å². The second-order valence-corrected chi connectivity index (χ2v) is 3.15. The van der Waals surface area contributed by atoms with Crippen molar-refractivity contribution in [3.8, 4) is 0 Å². The number of aryl methyl sites for hydroxylation is 1. The van der Waals surface area contributed by atoms with Crippen molar-refractivity contribution in [2.45, 2.75) is 19.0 Å². The lowest BCUT2D eigenvalue weighted by molar-refractivity contribution is -0.289. The third-order valence-corrected chi connectivity index (χ3v) is 1.94. The van der Waals surface area contributed by atoms with Gasteiger partial charge in [-0.05, 0) is 24.6 Å². The molecule has 0 bridgehead atoms. The van der Waals surface area contributed by atoms with E-state index in [0.29, 0.717) is 6.07 Å². The van der Waals surface area contributed by atoms with Gasteiger partial charge in [0.1, 0.15) is 0 Å². The molecule has 0 aliphatic rings. The summed E-state index contributed by atoms with van der Waals surface area (Å²) in [6.07, 6.45) is -5.59. The lowest BCUT2D eigenvalue weighted by atomic mass is 10.0. The predicted octanol–water partition coefficient (Wildman–Crippen LogP) is 3.23. The fourth-order valence-corrected chi connectivity index (χ4v) is 1.19. The van der Waals surface area contributed by atoms with Crippen LogP contribution in [0, 0.1) is 6.92 Å². The van der Waals surface area contributed by atoms with Crippen LogP contribution >= 0.6 is 0 Å². The van der Waals surface area contributed by atoms with Crippen LogP contribution in [0.5, 0.6) is 0 Å². The van der Waals surface area contributed by atoms with Crippen molar-refractivity contribution in [3.63, 3.8) is 0 Å². The Balaban J connectivity index is 3.28. The van der Waals surface area contributed by atoms with Crippen LogP contribution in [0.15, 0.2) is 18.2 Å². The van der Waals surface area contributed by atoms with E-state index >= 15 is 0 Å². The highest BCUT2D eigenvalue weighted by Crippen LogP contribution is 2.45. The Morgan fingerprint density at radius 3 is 2.00 bits per heavy atom. The Kier molecular flexibility index (Phi) is 2.63. The second kappa shape index (κ2) is 3.36. The van der Waals surface area contributed by atoms with Gasteiger partial charge in [-0.3, -0.25) is 0 Å². The van der Waals surface area contributed by atoms with Crippen LogP contribution in [0.1, 0.15) is 11.1 Å². The maximum Gasteiger partial charge on any atom is 0.458 e. The topological polar surface area (TPSA) is 26.0 Å². The zero-order valence-corrected chi connectivity index (χ0v) is 7.70. The molecule has 0 aliphatic carbocycles. The molecule has 15 heavy (non-hydrogen) atoms. The number of halogens is 5. The number of alkyl halides is 5. The van der Waals surface area contributed by atoms with Gasteiger partial charge in [-0.25, -0.2) is 0 Å². The van der Waals surface area contributed by atoms with E-state index in [-0.39, 0.29) is 11.3 Å². The first-order valence-corrected chi connectivity index (χ1v) is 3.97. The van der Waals surface area contributed by atoms with E-state index in [1.54, 1.807) is 0 Å². The number of nitrogen functional groups attached to an aromatic ring is 1. The number of nitrogens with two attached hydrogens (primary N) is 1. The van der Waals surface area contributed by atoms with Gasteiger partial charge in [0.05, 0.1) is 0 Å². The first kappa shape index (κ1) is 11.7. The Morgan fingerprint density at radius 2 is 1.60 bits per heavy atom. The van der Waals surface area contributed by atoms with Gasteiger partial charge in [0.2, 0.25) is 0 Å². The molecule has 0 spiro atoms. The van der Waals surface area contributed by atoms with Gasteiger partial charge in [0.25, 0.3) is 0 Å². The highest BCUT2D eigenvalue weighted by Gasteiger charge is 2.59. The molecule has 0 saturated heterocycles. The molecule has 0 aliphatic heterocycles. The fourth-order valence-electron chi connectivity index (χ4n) is 1.19. The van der Waals surface area contributed by atoms with Crippen molar-refractivity contribution in [3.05, 3.63) is 29.3 Å². The fraction of sp³-hybridized carbons (Fsp3) is 0.333. The second-order valence-electron chi connectivity index (χ2n) is 3.15.